The van der Waals surface area contributed by atoms with Crippen LogP contribution in [0.4, 0.5) is 0 Å². The fourth-order valence-electron chi connectivity index (χ4n) is 2.93. The Morgan fingerprint density at radius 1 is 1.33 bits per heavy atom. The Labute approximate surface area is 78.1 Å². The van der Waals surface area contributed by atoms with Crippen LogP contribution in [0.3, 0.4) is 0 Å². The molecule has 12 heavy (non-hydrogen) atoms. The molecule has 4 heterocycles. The van der Waals surface area contributed by atoms with Crippen LogP contribution in [-0.2, 0) is 0 Å². The predicted octanol–water partition coefficient (Wildman–Crippen LogP) is 0.745. The van der Waals surface area contributed by atoms with Crippen LogP contribution in [0.15, 0.2) is 0 Å². The van der Waals surface area contributed by atoms with Gasteiger partial charge in [-0.1, -0.05) is 0 Å². The van der Waals surface area contributed by atoms with Crippen molar-refractivity contribution >= 4 is 11.8 Å². The SMILES string of the molecule is C1CSC2(CN3CCC2CC3)N1. The van der Waals surface area contributed by atoms with Crippen molar-refractivity contribution in [3.05, 3.63) is 0 Å². The summed E-state index contributed by atoms with van der Waals surface area (Å²) in [4.78, 5) is 3.11. The number of piperidine rings is 3. The minimum atomic E-state index is 0.483. The summed E-state index contributed by atoms with van der Waals surface area (Å²) in [6.45, 7) is 5.25. The van der Waals surface area contributed by atoms with Crippen LogP contribution in [0, 0.1) is 5.92 Å². The summed E-state index contributed by atoms with van der Waals surface area (Å²) in [6.07, 6.45) is 2.86. The van der Waals surface area contributed by atoms with Gasteiger partial charge in [0, 0.05) is 18.8 Å². The molecule has 0 aliphatic carbocycles. The van der Waals surface area contributed by atoms with Gasteiger partial charge in [0.1, 0.15) is 0 Å². The van der Waals surface area contributed by atoms with Crippen LogP contribution in [-0.4, -0.2) is 41.7 Å². The van der Waals surface area contributed by atoms with Gasteiger partial charge in [-0.15, -0.1) is 11.8 Å². The van der Waals surface area contributed by atoms with Gasteiger partial charge in [0.05, 0.1) is 4.87 Å². The van der Waals surface area contributed by atoms with Gasteiger partial charge in [-0.2, -0.15) is 0 Å². The molecule has 3 heteroatoms. The predicted molar refractivity (Wildman–Crippen MR) is 52.4 cm³/mol. The molecule has 4 aliphatic heterocycles. The Hall–Kier alpha value is 0.270. The fraction of sp³-hybridized carbons (Fsp3) is 1.00. The molecule has 1 N–H and O–H groups in total. The first-order valence-electron chi connectivity index (χ1n) is 5.00. The first-order chi connectivity index (χ1) is 5.89. The number of hydrogen-bond donors (Lipinski definition) is 1. The van der Waals surface area contributed by atoms with Gasteiger partial charge in [-0.25, -0.2) is 0 Å². The first kappa shape index (κ1) is 7.65. The van der Waals surface area contributed by atoms with E-state index in [0.717, 1.165) is 5.92 Å². The molecule has 0 radical (unpaired) electrons. The molecule has 4 aliphatic rings. The number of thioether (sulfide) groups is 1. The largest absolute Gasteiger partial charge is 0.301 e. The number of hydrogen-bond acceptors (Lipinski definition) is 3. The molecule has 4 fully saturated rings. The zero-order valence-electron chi connectivity index (χ0n) is 7.38. The highest BCUT2D eigenvalue weighted by Crippen LogP contribution is 2.44. The van der Waals surface area contributed by atoms with E-state index in [0.29, 0.717) is 4.87 Å². The zero-order chi connectivity index (χ0) is 8.02. The normalized spacial score (nSPS) is 52.0. The van der Waals surface area contributed by atoms with E-state index in [-0.39, 0.29) is 0 Å². The number of nitrogens with one attached hydrogen (secondary N) is 1. The standard InChI is InChI=1S/C9H16N2S/c1-4-11-5-2-8(1)9(7-11)10-3-6-12-9/h8,10H,1-7H2. The van der Waals surface area contributed by atoms with Crippen LogP contribution in [0.2, 0.25) is 0 Å². The van der Waals surface area contributed by atoms with Crippen molar-refractivity contribution < 1.29 is 0 Å². The lowest BCUT2D eigenvalue weighted by Gasteiger charge is -2.51. The van der Waals surface area contributed by atoms with Gasteiger partial charge in [0.2, 0.25) is 0 Å². The molecular weight excluding hydrogens is 168 g/mol. The Balaban J connectivity index is 1.86. The second kappa shape index (κ2) is 2.63. The summed E-state index contributed by atoms with van der Waals surface area (Å²) in [7, 11) is 0. The lowest BCUT2D eigenvalue weighted by Crippen LogP contribution is -2.61. The molecule has 1 spiro atoms. The molecule has 0 aromatic carbocycles. The third kappa shape index (κ3) is 0.963. The Morgan fingerprint density at radius 3 is 2.67 bits per heavy atom. The van der Waals surface area contributed by atoms with Gasteiger partial charge in [-0.05, 0) is 31.8 Å². The maximum Gasteiger partial charge on any atom is 0.0803 e. The molecular formula is C9H16N2S. The number of fused-ring (bicyclic) bond motifs is 2. The van der Waals surface area contributed by atoms with Crippen LogP contribution >= 0.6 is 11.8 Å². The highest BCUT2D eigenvalue weighted by Gasteiger charge is 2.48. The monoisotopic (exact) mass is 184 g/mol. The summed E-state index contributed by atoms with van der Waals surface area (Å²) in [5.74, 6) is 2.29. The van der Waals surface area contributed by atoms with Crippen molar-refractivity contribution in [3.63, 3.8) is 0 Å². The minimum absolute atomic E-state index is 0.483. The third-order valence-electron chi connectivity index (χ3n) is 3.59. The van der Waals surface area contributed by atoms with E-state index in [4.69, 9.17) is 0 Å². The second-order valence-corrected chi connectivity index (χ2v) is 5.64. The third-order valence-corrected chi connectivity index (χ3v) is 5.12. The highest BCUT2D eigenvalue weighted by atomic mass is 32.2. The van der Waals surface area contributed by atoms with Crippen molar-refractivity contribution in [3.8, 4) is 0 Å². The minimum Gasteiger partial charge on any atom is -0.301 e. The molecule has 4 saturated heterocycles. The second-order valence-electron chi connectivity index (χ2n) is 4.22. The average molecular weight is 184 g/mol. The Bertz CT molecular complexity index is 181. The highest BCUT2D eigenvalue weighted by molar-refractivity contribution is 8.00. The van der Waals surface area contributed by atoms with Crippen molar-refractivity contribution in [2.24, 2.45) is 5.92 Å². The molecule has 1 unspecified atom stereocenters. The van der Waals surface area contributed by atoms with Crippen molar-refractivity contribution in [1.82, 2.24) is 10.2 Å². The maximum atomic E-state index is 3.72. The molecule has 0 saturated carbocycles. The van der Waals surface area contributed by atoms with Crippen LogP contribution < -0.4 is 5.32 Å². The van der Waals surface area contributed by atoms with E-state index in [9.17, 15) is 0 Å². The number of rotatable bonds is 0. The molecule has 4 rings (SSSR count). The average Bonchev–Trinajstić information content (AvgIpc) is 2.55. The molecule has 68 valence electrons. The lowest BCUT2D eigenvalue weighted by atomic mass is 9.83. The van der Waals surface area contributed by atoms with E-state index in [2.05, 4.69) is 22.0 Å². The van der Waals surface area contributed by atoms with Crippen LogP contribution in [0.1, 0.15) is 12.8 Å². The summed E-state index contributed by atoms with van der Waals surface area (Å²) in [5, 5.41) is 3.72. The molecule has 1 atom stereocenters. The summed E-state index contributed by atoms with van der Waals surface area (Å²) in [6, 6.07) is 0. The van der Waals surface area contributed by atoms with Crippen molar-refractivity contribution in [2.75, 3.05) is 31.9 Å². The summed E-state index contributed by atoms with van der Waals surface area (Å²) < 4.78 is 0. The Morgan fingerprint density at radius 2 is 2.17 bits per heavy atom. The lowest BCUT2D eigenvalue weighted by molar-refractivity contribution is 0.0601. The summed E-state index contributed by atoms with van der Waals surface area (Å²) >= 11 is 2.18. The molecule has 2 bridgehead atoms. The van der Waals surface area contributed by atoms with Gasteiger partial charge < -0.3 is 10.2 Å². The van der Waals surface area contributed by atoms with Gasteiger partial charge in [-0.3, -0.25) is 0 Å². The molecule has 0 aromatic heterocycles. The zero-order valence-corrected chi connectivity index (χ0v) is 8.20. The van der Waals surface area contributed by atoms with Crippen LogP contribution in [0.5, 0.6) is 0 Å². The molecule has 0 aromatic rings. The number of nitrogens with zero attached hydrogens (tertiary/aromatic N) is 1. The summed E-state index contributed by atoms with van der Waals surface area (Å²) in [5.41, 5.74) is 0. The Kier molecular flexibility index (Phi) is 1.68. The van der Waals surface area contributed by atoms with E-state index in [1.54, 1.807) is 0 Å². The smallest absolute Gasteiger partial charge is 0.0803 e. The molecule has 2 nitrogen and oxygen atoms in total. The van der Waals surface area contributed by atoms with E-state index >= 15 is 0 Å². The van der Waals surface area contributed by atoms with E-state index in [1.165, 1.54) is 44.8 Å². The maximum absolute atomic E-state index is 3.72. The topological polar surface area (TPSA) is 15.3 Å². The van der Waals surface area contributed by atoms with Crippen molar-refractivity contribution in [2.45, 2.75) is 17.7 Å². The van der Waals surface area contributed by atoms with Gasteiger partial charge in [0.15, 0.2) is 0 Å². The van der Waals surface area contributed by atoms with E-state index in [1.807, 2.05) is 0 Å². The first-order valence-corrected chi connectivity index (χ1v) is 5.99. The van der Waals surface area contributed by atoms with E-state index < -0.39 is 0 Å². The van der Waals surface area contributed by atoms with Crippen molar-refractivity contribution in [1.29, 1.82) is 0 Å². The molecule has 0 amide bonds. The van der Waals surface area contributed by atoms with Crippen LogP contribution in [0.25, 0.3) is 0 Å². The van der Waals surface area contributed by atoms with Gasteiger partial charge in [0.25, 0.3) is 0 Å². The fourth-order valence-corrected chi connectivity index (χ4v) is 4.45. The quantitative estimate of drug-likeness (QED) is 0.598. The van der Waals surface area contributed by atoms with Gasteiger partial charge >= 0.3 is 0 Å².